The summed E-state index contributed by atoms with van der Waals surface area (Å²) < 4.78 is 0. The fraction of sp³-hybridized carbons (Fsp3) is 0.562. The number of carbonyl (C=O) groups is 1. The minimum atomic E-state index is -0.325. The lowest BCUT2D eigenvalue weighted by Crippen LogP contribution is -2.38. The molecule has 0 saturated carbocycles. The molecule has 1 N–H and O–H groups in total. The van der Waals surface area contributed by atoms with Crippen molar-refractivity contribution in [1.82, 2.24) is 4.90 Å². The number of nitrogens with zero attached hydrogens (tertiary/aromatic N) is 2. The van der Waals surface area contributed by atoms with Gasteiger partial charge in [0.05, 0.1) is 5.75 Å². The number of benzene rings is 1. The van der Waals surface area contributed by atoms with Crippen LogP contribution in [0.5, 0.6) is 0 Å². The van der Waals surface area contributed by atoms with Gasteiger partial charge in [0.15, 0.2) is 0 Å². The number of halogens is 1. The number of rotatable bonds is 5. The SMILES string of the molecule is CN(C)c1ccc(C2SCC(=O)N2CC(C)(C)CO)c(Cl)c1. The molecule has 0 aliphatic carbocycles. The molecular weight excluding hydrogens is 320 g/mol. The molecule has 1 aromatic rings. The number of thioether (sulfide) groups is 1. The van der Waals surface area contributed by atoms with Gasteiger partial charge in [0.2, 0.25) is 5.91 Å². The molecule has 1 unspecified atom stereocenters. The van der Waals surface area contributed by atoms with Crippen molar-refractivity contribution >= 4 is 35.0 Å². The van der Waals surface area contributed by atoms with Crippen LogP contribution in [0.1, 0.15) is 24.8 Å². The molecule has 122 valence electrons. The Kier molecular flexibility index (Phi) is 5.30. The molecular formula is C16H23ClN2O2S. The third-order valence-electron chi connectivity index (χ3n) is 3.76. The fourth-order valence-electron chi connectivity index (χ4n) is 2.39. The van der Waals surface area contributed by atoms with E-state index in [1.54, 1.807) is 11.8 Å². The predicted molar refractivity (Wildman–Crippen MR) is 93.6 cm³/mol. The van der Waals surface area contributed by atoms with E-state index in [1.165, 1.54) is 0 Å². The summed E-state index contributed by atoms with van der Waals surface area (Å²) in [7, 11) is 3.94. The molecule has 1 fully saturated rings. The first-order chi connectivity index (χ1) is 10.2. The summed E-state index contributed by atoms with van der Waals surface area (Å²) in [5.74, 6) is 0.557. The lowest BCUT2D eigenvalue weighted by atomic mass is 9.94. The highest BCUT2D eigenvalue weighted by molar-refractivity contribution is 8.00. The molecule has 0 spiro atoms. The van der Waals surface area contributed by atoms with Crippen molar-refractivity contribution in [2.24, 2.45) is 5.41 Å². The van der Waals surface area contributed by atoms with Crippen LogP contribution in [0.3, 0.4) is 0 Å². The average molecular weight is 343 g/mol. The molecule has 1 aliphatic heterocycles. The summed E-state index contributed by atoms with van der Waals surface area (Å²) in [5, 5.41) is 10.1. The molecule has 1 heterocycles. The van der Waals surface area contributed by atoms with E-state index in [2.05, 4.69) is 0 Å². The molecule has 1 aliphatic rings. The molecule has 6 heteroatoms. The van der Waals surface area contributed by atoms with Gasteiger partial charge in [-0.05, 0) is 12.1 Å². The first kappa shape index (κ1) is 17.4. The number of aliphatic hydroxyl groups is 1. The zero-order chi connectivity index (χ0) is 16.5. The maximum absolute atomic E-state index is 12.2. The number of hydrogen-bond acceptors (Lipinski definition) is 4. The predicted octanol–water partition coefficient (Wildman–Crippen LogP) is 3.00. The molecule has 0 aromatic heterocycles. The van der Waals surface area contributed by atoms with E-state index in [-0.39, 0.29) is 23.3 Å². The van der Waals surface area contributed by atoms with E-state index in [1.807, 2.05) is 55.9 Å². The standard InChI is InChI=1S/C16H23ClN2O2S/c1-16(2,10-20)9-19-14(21)8-22-15(19)12-6-5-11(18(3)4)7-13(12)17/h5-7,15,20H,8-10H2,1-4H3. The van der Waals surface area contributed by atoms with Crippen LogP contribution >= 0.6 is 23.4 Å². The maximum atomic E-state index is 12.2. The first-order valence-electron chi connectivity index (χ1n) is 7.24. The molecule has 4 nitrogen and oxygen atoms in total. The van der Waals surface area contributed by atoms with E-state index >= 15 is 0 Å². The van der Waals surface area contributed by atoms with E-state index in [0.29, 0.717) is 17.3 Å². The number of anilines is 1. The first-order valence-corrected chi connectivity index (χ1v) is 8.66. The lowest BCUT2D eigenvalue weighted by Gasteiger charge is -2.32. The van der Waals surface area contributed by atoms with Gasteiger partial charge in [0, 0.05) is 48.9 Å². The van der Waals surface area contributed by atoms with Crippen molar-refractivity contribution in [3.8, 4) is 0 Å². The van der Waals surface area contributed by atoms with Gasteiger partial charge in [-0.25, -0.2) is 0 Å². The van der Waals surface area contributed by atoms with Crippen molar-refractivity contribution in [2.45, 2.75) is 19.2 Å². The molecule has 0 radical (unpaired) electrons. The van der Waals surface area contributed by atoms with Crippen LogP contribution in [-0.2, 0) is 4.79 Å². The summed E-state index contributed by atoms with van der Waals surface area (Å²) in [6, 6.07) is 5.93. The fourth-order valence-corrected chi connectivity index (χ4v) is 3.95. The summed E-state index contributed by atoms with van der Waals surface area (Å²) >= 11 is 8.03. The van der Waals surface area contributed by atoms with Crippen LogP contribution in [0.25, 0.3) is 0 Å². The largest absolute Gasteiger partial charge is 0.396 e. The van der Waals surface area contributed by atoms with Crippen LogP contribution in [0.2, 0.25) is 5.02 Å². The second-order valence-corrected chi connectivity index (χ2v) is 8.08. The van der Waals surface area contributed by atoms with E-state index in [0.717, 1.165) is 11.3 Å². The van der Waals surface area contributed by atoms with Crippen LogP contribution in [0.4, 0.5) is 5.69 Å². The van der Waals surface area contributed by atoms with Crippen LogP contribution in [0, 0.1) is 5.41 Å². The molecule has 2 rings (SSSR count). The summed E-state index contributed by atoms with van der Waals surface area (Å²) in [6.07, 6.45) is 0. The third kappa shape index (κ3) is 3.70. The smallest absolute Gasteiger partial charge is 0.233 e. The van der Waals surface area contributed by atoms with Crippen molar-refractivity contribution in [3.63, 3.8) is 0 Å². The number of carbonyl (C=O) groups excluding carboxylic acids is 1. The molecule has 1 saturated heterocycles. The highest BCUT2D eigenvalue weighted by Gasteiger charge is 2.37. The lowest BCUT2D eigenvalue weighted by molar-refractivity contribution is -0.129. The van der Waals surface area contributed by atoms with Gasteiger partial charge < -0.3 is 14.9 Å². The Bertz CT molecular complexity index is 563. The van der Waals surface area contributed by atoms with Crippen LogP contribution < -0.4 is 4.90 Å². The second kappa shape index (κ2) is 6.69. The van der Waals surface area contributed by atoms with Crippen molar-refractivity contribution in [2.75, 3.05) is 37.9 Å². The van der Waals surface area contributed by atoms with Gasteiger partial charge in [0.25, 0.3) is 0 Å². The Morgan fingerprint density at radius 2 is 2.14 bits per heavy atom. The van der Waals surface area contributed by atoms with Gasteiger partial charge in [-0.15, -0.1) is 11.8 Å². The van der Waals surface area contributed by atoms with Gasteiger partial charge in [-0.1, -0.05) is 31.5 Å². The van der Waals surface area contributed by atoms with Gasteiger partial charge >= 0.3 is 0 Å². The normalized spacial score (nSPS) is 18.9. The average Bonchev–Trinajstić information content (AvgIpc) is 2.79. The minimum Gasteiger partial charge on any atom is -0.396 e. The number of amides is 1. The third-order valence-corrected chi connectivity index (χ3v) is 5.33. The second-order valence-electron chi connectivity index (χ2n) is 6.61. The monoisotopic (exact) mass is 342 g/mol. The summed E-state index contributed by atoms with van der Waals surface area (Å²) in [4.78, 5) is 16.0. The van der Waals surface area contributed by atoms with Crippen molar-refractivity contribution in [3.05, 3.63) is 28.8 Å². The molecule has 22 heavy (non-hydrogen) atoms. The Balaban J connectivity index is 2.28. The summed E-state index contributed by atoms with van der Waals surface area (Å²) in [5.41, 5.74) is 1.66. The van der Waals surface area contributed by atoms with Gasteiger partial charge in [-0.3, -0.25) is 4.79 Å². The zero-order valence-corrected chi connectivity index (χ0v) is 15.0. The maximum Gasteiger partial charge on any atom is 0.233 e. The topological polar surface area (TPSA) is 43.8 Å². The highest BCUT2D eigenvalue weighted by atomic mass is 35.5. The quantitative estimate of drug-likeness (QED) is 0.893. The molecule has 1 atom stereocenters. The van der Waals surface area contributed by atoms with E-state index in [9.17, 15) is 9.90 Å². The Hall–Kier alpha value is -0.910. The minimum absolute atomic E-state index is 0.0431. The van der Waals surface area contributed by atoms with Crippen molar-refractivity contribution in [1.29, 1.82) is 0 Å². The summed E-state index contributed by atoms with van der Waals surface area (Å²) in [6.45, 7) is 4.47. The highest BCUT2D eigenvalue weighted by Crippen LogP contribution is 2.43. The van der Waals surface area contributed by atoms with E-state index in [4.69, 9.17) is 11.6 Å². The van der Waals surface area contributed by atoms with Gasteiger partial charge in [0.1, 0.15) is 5.37 Å². The zero-order valence-electron chi connectivity index (χ0n) is 13.5. The Morgan fingerprint density at radius 3 is 2.68 bits per heavy atom. The van der Waals surface area contributed by atoms with E-state index < -0.39 is 0 Å². The van der Waals surface area contributed by atoms with Gasteiger partial charge in [-0.2, -0.15) is 0 Å². The molecule has 0 bridgehead atoms. The Labute approximate surface area is 141 Å². The van der Waals surface area contributed by atoms with Crippen LogP contribution in [-0.4, -0.2) is 48.9 Å². The number of aliphatic hydroxyl groups excluding tert-OH is 1. The molecule has 1 aromatic carbocycles. The Morgan fingerprint density at radius 1 is 1.45 bits per heavy atom. The number of hydrogen-bond donors (Lipinski definition) is 1. The van der Waals surface area contributed by atoms with Crippen molar-refractivity contribution < 1.29 is 9.90 Å². The van der Waals surface area contributed by atoms with Crippen LogP contribution in [0.15, 0.2) is 18.2 Å². The molecule has 1 amide bonds.